The third kappa shape index (κ3) is 1.84. The van der Waals surface area contributed by atoms with Crippen LogP contribution in [0, 0.1) is 6.92 Å². The quantitative estimate of drug-likeness (QED) is 0.692. The van der Waals surface area contributed by atoms with Gasteiger partial charge in [-0.2, -0.15) is 0 Å². The third-order valence-electron chi connectivity index (χ3n) is 3.74. The Morgan fingerprint density at radius 3 is 2.90 bits per heavy atom. The number of hydrogen-bond acceptors (Lipinski definition) is 5. The SMILES string of the molecule is Cc1cnoc1C(=O)N1CCCC2(C1)NC(=O)NC2=O. The molecule has 2 aliphatic heterocycles. The first-order valence-corrected chi connectivity index (χ1v) is 6.36. The second-order valence-corrected chi connectivity index (χ2v) is 5.16. The van der Waals surface area contributed by atoms with Crippen molar-refractivity contribution in [2.75, 3.05) is 13.1 Å². The maximum absolute atomic E-state index is 12.4. The molecular formula is C12H14N4O4. The van der Waals surface area contributed by atoms with Crippen LogP contribution >= 0.6 is 0 Å². The third-order valence-corrected chi connectivity index (χ3v) is 3.74. The molecule has 0 radical (unpaired) electrons. The number of piperidine rings is 1. The van der Waals surface area contributed by atoms with Gasteiger partial charge in [0.1, 0.15) is 5.54 Å². The van der Waals surface area contributed by atoms with E-state index in [2.05, 4.69) is 15.8 Å². The van der Waals surface area contributed by atoms with Crippen molar-refractivity contribution < 1.29 is 18.9 Å². The highest BCUT2D eigenvalue weighted by Gasteiger charge is 2.49. The molecule has 0 aromatic carbocycles. The smallest absolute Gasteiger partial charge is 0.322 e. The molecule has 3 heterocycles. The normalized spacial score (nSPS) is 25.8. The van der Waals surface area contributed by atoms with Crippen LogP contribution in [0.4, 0.5) is 4.79 Å². The van der Waals surface area contributed by atoms with Gasteiger partial charge >= 0.3 is 6.03 Å². The van der Waals surface area contributed by atoms with E-state index in [9.17, 15) is 14.4 Å². The largest absolute Gasteiger partial charge is 0.351 e. The molecule has 1 unspecified atom stereocenters. The number of carbonyl (C=O) groups is 3. The summed E-state index contributed by atoms with van der Waals surface area (Å²) in [5.41, 5.74) is -0.367. The van der Waals surface area contributed by atoms with Gasteiger partial charge in [0.15, 0.2) is 0 Å². The van der Waals surface area contributed by atoms with Crippen molar-refractivity contribution in [3.05, 3.63) is 17.5 Å². The number of aromatic nitrogens is 1. The number of hydrogen-bond donors (Lipinski definition) is 2. The average Bonchev–Trinajstić information content (AvgIpc) is 2.94. The minimum atomic E-state index is -1.01. The van der Waals surface area contributed by atoms with E-state index in [1.807, 2.05) is 0 Å². The molecule has 8 heteroatoms. The number of nitrogens with one attached hydrogen (secondary N) is 2. The molecule has 1 atom stereocenters. The number of rotatable bonds is 1. The van der Waals surface area contributed by atoms with Crippen LogP contribution in [-0.2, 0) is 4.79 Å². The lowest BCUT2D eigenvalue weighted by Gasteiger charge is -2.37. The molecule has 2 saturated heterocycles. The zero-order chi connectivity index (χ0) is 14.3. The van der Waals surface area contributed by atoms with Gasteiger partial charge in [0, 0.05) is 12.1 Å². The summed E-state index contributed by atoms with van der Waals surface area (Å²) in [7, 11) is 0. The highest BCUT2D eigenvalue weighted by molar-refractivity contribution is 6.07. The van der Waals surface area contributed by atoms with Crippen molar-refractivity contribution in [2.24, 2.45) is 0 Å². The van der Waals surface area contributed by atoms with Crippen LogP contribution in [0.3, 0.4) is 0 Å². The zero-order valence-electron chi connectivity index (χ0n) is 10.9. The lowest BCUT2D eigenvalue weighted by molar-refractivity contribution is -0.125. The molecule has 8 nitrogen and oxygen atoms in total. The molecule has 0 aliphatic carbocycles. The number of imide groups is 1. The monoisotopic (exact) mass is 278 g/mol. The van der Waals surface area contributed by atoms with Gasteiger partial charge in [-0.25, -0.2) is 4.79 Å². The van der Waals surface area contributed by atoms with Crippen LogP contribution in [0.25, 0.3) is 0 Å². The van der Waals surface area contributed by atoms with E-state index in [0.717, 1.165) is 0 Å². The van der Waals surface area contributed by atoms with Crippen molar-refractivity contribution in [1.82, 2.24) is 20.7 Å². The van der Waals surface area contributed by atoms with E-state index in [0.29, 0.717) is 24.9 Å². The summed E-state index contributed by atoms with van der Waals surface area (Å²) < 4.78 is 4.95. The minimum Gasteiger partial charge on any atom is -0.351 e. The highest BCUT2D eigenvalue weighted by atomic mass is 16.5. The van der Waals surface area contributed by atoms with Crippen molar-refractivity contribution >= 4 is 17.8 Å². The molecule has 4 amide bonds. The van der Waals surface area contributed by atoms with Crippen molar-refractivity contribution in [3.8, 4) is 0 Å². The number of likely N-dealkylation sites (tertiary alicyclic amines) is 1. The summed E-state index contributed by atoms with van der Waals surface area (Å²) >= 11 is 0. The van der Waals surface area contributed by atoms with Gasteiger partial charge in [-0.15, -0.1) is 0 Å². The van der Waals surface area contributed by atoms with Crippen LogP contribution in [0.5, 0.6) is 0 Å². The summed E-state index contributed by atoms with van der Waals surface area (Å²) in [5, 5.41) is 8.43. The van der Waals surface area contributed by atoms with Crippen molar-refractivity contribution in [2.45, 2.75) is 25.3 Å². The number of amides is 4. The van der Waals surface area contributed by atoms with Crippen LogP contribution < -0.4 is 10.6 Å². The lowest BCUT2D eigenvalue weighted by Crippen LogP contribution is -2.59. The molecule has 1 aromatic rings. The van der Waals surface area contributed by atoms with Crippen LogP contribution in [-0.4, -0.2) is 46.5 Å². The fraction of sp³-hybridized carbons (Fsp3) is 0.500. The van der Waals surface area contributed by atoms with E-state index >= 15 is 0 Å². The van der Waals surface area contributed by atoms with Gasteiger partial charge < -0.3 is 14.7 Å². The summed E-state index contributed by atoms with van der Waals surface area (Å²) in [6.07, 6.45) is 2.62. The molecular weight excluding hydrogens is 264 g/mol. The van der Waals surface area contributed by atoms with E-state index in [1.165, 1.54) is 11.1 Å². The molecule has 2 fully saturated rings. The Kier molecular flexibility index (Phi) is 2.73. The van der Waals surface area contributed by atoms with Gasteiger partial charge in [-0.05, 0) is 19.8 Å². The van der Waals surface area contributed by atoms with Gasteiger partial charge in [0.25, 0.3) is 11.8 Å². The molecule has 1 spiro atoms. The minimum absolute atomic E-state index is 0.142. The molecule has 1 aromatic heterocycles. The standard InChI is InChI=1S/C12H14N4O4/c1-7-5-13-20-8(7)9(17)16-4-2-3-12(6-16)10(18)14-11(19)15-12/h5H,2-4,6H2,1H3,(H2,14,15,18,19). The fourth-order valence-corrected chi connectivity index (χ4v) is 2.68. The van der Waals surface area contributed by atoms with E-state index in [-0.39, 0.29) is 24.1 Å². The summed E-state index contributed by atoms with van der Waals surface area (Å²) in [6, 6.07) is -0.514. The first-order chi connectivity index (χ1) is 9.52. The van der Waals surface area contributed by atoms with E-state index in [1.54, 1.807) is 6.92 Å². The van der Waals surface area contributed by atoms with Crippen molar-refractivity contribution in [1.29, 1.82) is 0 Å². The maximum atomic E-state index is 12.4. The Balaban J connectivity index is 1.82. The molecule has 106 valence electrons. The Morgan fingerprint density at radius 2 is 2.30 bits per heavy atom. The zero-order valence-corrected chi connectivity index (χ0v) is 10.9. The van der Waals surface area contributed by atoms with E-state index < -0.39 is 11.6 Å². The number of carbonyl (C=O) groups excluding carboxylic acids is 3. The molecule has 0 bridgehead atoms. The fourth-order valence-electron chi connectivity index (χ4n) is 2.68. The van der Waals surface area contributed by atoms with Crippen LogP contribution in [0.1, 0.15) is 29.0 Å². The Hall–Kier alpha value is -2.38. The second-order valence-electron chi connectivity index (χ2n) is 5.16. The Labute approximate surface area is 114 Å². The van der Waals surface area contributed by atoms with Gasteiger partial charge in [-0.3, -0.25) is 14.9 Å². The van der Waals surface area contributed by atoms with Gasteiger partial charge in [0.05, 0.1) is 12.7 Å². The Bertz CT molecular complexity index is 596. The summed E-state index contributed by atoms with van der Waals surface area (Å²) in [6.45, 7) is 2.39. The number of nitrogens with zero attached hydrogens (tertiary/aromatic N) is 2. The first kappa shape index (κ1) is 12.6. The van der Waals surface area contributed by atoms with Gasteiger partial charge in [-0.1, -0.05) is 5.16 Å². The number of urea groups is 1. The molecule has 2 aliphatic rings. The summed E-state index contributed by atoms with van der Waals surface area (Å²) in [4.78, 5) is 37.1. The predicted octanol–water partition coefficient (Wildman–Crippen LogP) is -0.203. The van der Waals surface area contributed by atoms with E-state index in [4.69, 9.17) is 4.52 Å². The second kappa shape index (κ2) is 4.32. The number of aryl methyl sites for hydroxylation is 1. The first-order valence-electron chi connectivity index (χ1n) is 6.36. The molecule has 2 N–H and O–H groups in total. The van der Waals surface area contributed by atoms with Crippen molar-refractivity contribution in [3.63, 3.8) is 0 Å². The summed E-state index contributed by atoms with van der Waals surface area (Å²) in [5.74, 6) is -0.519. The van der Waals surface area contributed by atoms with Crippen LogP contribution in [0.2, 0.25) is 0 Å². The van der Waals surface area contributed by atoms with Gasteiger partial charge in [0.2, 0.25) is 5.76 Å². The molecule has 3 rings (SSSR count). The topological polar surface area (TPSA) is 105 Å². The molecule has 20 heavy (non-hydrogen) atoms. The average molecular weight is 278 g/mol. The lowest BCUT2D eigenvalue weighted by atomic mass is 9.89. The maximum Gasteiger partial charge on any atom is 0.322 e. The molecule has 0 saturated carbocycles. The Morgan fingerprint density at radius 1 is 1.50 bits per heavy atom. The van der Waals surface area contributed by atoms with Crippen LogP contribution in [0.15, 0.2) is 10.7 Å². The highest BCUT2D eigenvalue weighted by Crippen LogP contribution is 2.26. The predicted molar refractivity (Wildman–Crippen MR) is 65.8 cm³/mol.